The number of hydrogen-bond acceptors (Lipinski definition) is 3. The largest absolute Gasteiger partial charge is 0.383 e. The Bertz CT molecular complexity index is 380. The summed E-state index contributed by atoms with van der Waals surface area (Å²) in [5.74, 6) is 0.439. The minimum atomic E-state index is 0.291. The van der Waals surface area contributed by atoms with Crippen molar-refractivity contribution in [3.8, 4) is 0 Å². The lowest BCUT2D eigenvalue weighted by molar-refractivity contribution is 0.181. The van der Waals surface area contributed by atoms with Crippen molar-refractivity contribution in [1.29, 1.82) is 0 Å². The first-order chi connectivity index (χ1) is 8.72. The first kappa shape index (κ1) is 13.8. The maximum absolute atomic E-state index is 6.29. The Morgan fingerprint density at radius 1 is 1.50 bits per heavy atom. The Kier molecular flexibility index (Phi) is 5.03. The van der Waals surface area contributed by atoms with Crippen LogP contribution in [0.25, 0.3) is 0 Å². The van der Waals surface area contributed by atoms with E-state index in [0.29, 0.717) is 18.6 Å². The van der Waals surface area contributed by atoms with E-state index in [0.717, 1.165) is 36.5 Å². The second kappa shape index (κ2) is 6.55. The average Bonchev–Trinajstić information content (AvgIpc) is 2.57. The van der Waals surface area contributed by atoms with Crippen molar-refractivity contribution in [3.05, 3.63) is 16.9 Å². The molecular formula is C13H22ClN3O. The Morgan fingerprint density at radius 2 is 2.28 bits per heavy atom. The quantitative estimate of drug-likeness (QED) is 0.857. The van der Waals surface area contributed by atoms with Gasteiger partial charge in [0, 0.05) is 19.1 Å². The van der Waals surface area contributed by atoms with Gasteiger partial charge in [-0.05, 0) is 19.3 Å². The van der Waals surface area contributed by atoms with E-state index in [-0.39, 0.29) is 0 Å². The Labute approximate surface area is 113 Å². The van der Waals surface area contributed by atoms with Crippen LogP contribution in [0, 0.1) is 0 Å². The molecule has 1 saturated carbocycles. The van der Waals surface area contributed by atoms with E-state index in [9.17, 15) is 0 Å². The van der Waals surface area contributed by atoms with Gasteiger partial charge in [0.15, 0.2) is 0 Å². The fraction of sp³-hybridized carbons (Fsp3) is 0.769. The van der Waals surface area contributed by atoms with Crippen LogP contribution in [0.2, 0.25) is 5.02 Å². The Morgan fingerprint density at radius 3 is 3.06 bits per heavy atom. The highest BCUT2D eigenvalue weighted by molar-refractivity contribution is 6.31. The molecule has 1 aromatic heterocycles. The predicted octanol–water partition coefficient (Wildman–Crippen LogP) is 2.56. The minimum Gasteiger partial charge on any atom is -0.383 e. The fourth-order valence-electron chi connectivity index (χ4n) is 2.78. The number of methoxy groups -OCH3 is 1. The summed E-state index contributed by atoms with van der Waals surface area (Å²) in [6.45, 7) is 1.41. The number of hydrogen-bond donors (Lipinski definition) is 1. The molecule has 4 nitrogen and oxygen atoms in total. The molecule has 5 heteroatoms. The van der Waals surface area contributed by atoms with Crippen LogP contribution in [-0.2, 0) is 11.3 Å². The third kappa shape index (κ3) is 3.25. The zero-order chi connectivity index (χ0) is 13.0. The van der Waals surface area contributed by atoms with Crippen LogP contribution in [0.3, 0.4) is 0 Å². The summed E-state index contributed by atoms with van der Waals surface area (Å²) in [5.41, 5.74) is 7.28. The van der Waals surface area contributed by atoms with Crippen molar-refractivity contribution in [2.75, 3.05) is 13.7 Å². The van der Waals surface area contributed by atoms with Gasteiger partial charge in [-0.15, -0.1) is 0 Å². The minimum absolute atomic E-state index is 0.291. The molecule has 0 aliphatic heterocycles. The molecule has 2 rings (SSSR count). The molecule has 1 aliphatic carbocycles. The number of rotatable bonds is 4. The molecule has 1 aliphatic rings. The van der Waals surface area contributed by atoms with Crippen molar-refractivity contribution in [2.24, 2.45) is 5.73 Å². The number of ether oxygens (including phenoxy) is 1. The number of nitrogens with zero attached hydrogens (tertiary/aromatic N) is 2. The maximum Gasteiger partial charge on any atom is 0.0820 e. The fourth-order valence-corrected chi connectivity index (χ4v) is 3.08. The number of aromatic nitrogens is 2. The molecule has 1 heterocycles. The van der Waals surface area contributed by atoms with Crippen molar-refractivity contribution in [2.45, 2.75) is 50.6 Å². The van der Waals surface area contributed by atoms with Gasteiger partial charge in [-0.1, -0.05) is 24.4 Å². The monoisotopic (exact) mass is 271 g/mol. The standard InChI is InChI=1S/C13H22ClN3O/c1-18-7-6-17-13(12(14)9-16-17)10-4-2-3-5-11(15)8-10/h9-11H,2-8,15H2,1H3. The molecule has 18 heavy (non-hydrogen) atoms. The molecule has 0 radical (unpaired) electrons. The van der Waals surface area contributed by atoms with Gasteiger partial charge in [0.2, 0.25) is 0 Å². The van der Waals surface area contributed by atoms with Crippen LogP contribution >= 0.6 is 11.6 Å². The van der Waals surface area contributed by atoms with Crippen LogP contribution in [-0.4, -0.2) is 29.5 Å². The summed E-state index contributed by atoms with van der Waals surface area (Å²) < 4.78 is 7.10. The van der Waals surface area contributed by atoms with Gasteiger partial charge in [-0.3, -0.25) is 4.68 Å². The molecule has 2 atom stereocenters. The predicted molar refractivity (Wildman–Crippen MR) is 72.9 cm³/mol. The molecule has 0 bridgehead atoms. The summed E-state index contributed by atoms with van der Waals surface area (Å²) in [6, 6.07) is 0.291. The summed E-state index contributed by atoms with van der Waals surface area (Å²) in [6.07, 6.45) is 7.49. The molecule has 2 unspecified atom stereocenters. The zero-order valence-electron chi connectivity index (χ0n) is 10.9. The maximum atomic E-state index is 6.29. The molecule has 102 valence electrons. The first-order valence-corrected chi connectivity index (χ1v) is 7.06. The second-order valence-electron chi connectivity index (χ2n) is 5.07. The summed E-state index contributed by atoms with van der Waals surface area (Å²) in [4.78, 5) is 0. The molecule has 1 fully saturated rings. The lowest BCUT2D eigenvalue weighted by Crippen LogP contribution is -2.22. The summed E-state index contributed by atoms with van der Waals surface area (Å²) in [7, 11) is 1.70. The highest BCUT2D eigenvalue weighted by Gasteiger charge is 2.24. The van der Waals surface area contributed by atoms with Gasteiger partial charge in [0.05, 0.1) is 30.1 Å². The summed E-state index contributed by atoms with van der Waals surface area (Å²) >= 11 is 6.29. The third-order valence-corrected chi connectivity index (χ3v) is 3.98. The van der Waals surface area contributed by atoms with Crippen molar-refractivity contribution >= 4 is 11.6 Å². The van der Waals surface area contributed by atoms with Crippen LogP contribution in [0.5, 0.6) is 0 Å². The highest BCUT2D eigenvalue weighted by Crippen LogP contribution is 2.34. The lowest BCUT2D eigenvalue weighted by atomic mass is 9.95. The van der Waals surface area contributed by atoms with Gasteiger partial charge in [0.25, 0.3) is 0 Å². The Hall–Kier alpha value is -0.580. The van der Waals surface area contributed by atoms with Gasteiger partial charge in [-0.25, -0.2) is 0 Å². The molecule has 0 saturated heterocycles. The van der Waals surface area contributed by atoms with Gasteiger partial charge >= 0.3 is 0 Å². The number of nitrogens with two attached hydrogens (primary N) is 1. The topological polar surface area (TPSA) is 53.1 Å². The molecule has 0 aromatic carbocycles. The first-order valence-electron chi connectivity index (χ1n) is 6.68. The third-order valence-electron chi connectivity index (χ3n) is 3.69. The average molecular weight is 272 g/mol. The van der Waals surface area contributed by atoms with E-state index in [1.165, 1.54) is 12.8 Å². The molecule has 2 N–H and O–H groups in total. The van der Waals surface area contributed by atoms with Crippen molar-refractivity contribution in [3.63, 3.8) is 0 Å². The van der Waals surface area contributed by atoms with Crippen LogP contribution in [0.15, 0.2) is 6.20 Å². The van der Waals surface area contributed by atoms with Crippen molar-refractivity contribution in [1.82, 2.24) is 9.78 Å². The molecule has 1 aromatic rings. The van der Waals surface area contributed by atoms with Crippen LogP contribution in [0.4, 0.5) is 0 Å². The molecule has 0 spiro atoms. The van der Waals surface area contributed by atoms with Gasteiger partial charge in [0.1, 0.15) is 0 Å². The second-order valence-corrected chi connectivity index (χ2v) is 5.48. The van der Waals surface area contributed by atoms with E-state index < -0.39 is 0 Å². The molecule has 0 amide bonds. The highest BCUT2D eigenvalue weighted by atomic mass is 35.5. The molecular weight excluding hydrogens is 250 g/mol. The van der Waals surface area contributed by atoms with E-state index in [1.54, 1.807) is 13.3 Å². The SMILES string of the molecule is COCCn1ncc(Cl)c1C1CCCCC(N)C1. The van der Waals surface area contributed by atoms with E-state index in [2.05, 4.69) is 5.10 Å². The lowest BCUT2D eigenvalue weighted by Gasteiger charge is -2.19. The van der Waals surface area contributed by atoms with E-state index in [4.69, 9.17) is 22.1 Å². The van der Waals surface area contributed by atoms with Gasteiger partial charge in [-0.2, -0.15) is 5.10 Å². The number of halogens is 1. The van der Waals surface area contributed by atoms with Crippen LogP contribution in [0.1, 0.15) is 43.7 Å². The summed E-state index contributed by atoms with van der Waals surface area (Å²) in [5, 5.41) is 5.12. The normalized spacial score (nSPS) is 25.1. The van der Waals surface area contributed by atoms with Crippen molar-refractivity contribution < 1.29 is 4.74 Å². The smallest absolute Gasteiger partial charge is 0.0820 e. The van der Waals surface area contributed by atoms with E-state index >= 15 is 0 Å². The zero-order valence-corrected chi connectivity index (χ0v) is 11.7. The Balaban J connectivity index is 2.16. The van der Waals surface area contributed by atoms with Gasteiger partial charge < -0.3 is 10.5 Å². The van der Waals surface area contributed by atoms with E-state index in [1.807, 2.05) is 4.68 Å². The van der Waals surface area contributed by atoms with Crippen LogP contribution < -0.4 is 5.73 Å².